The first-order valence-corrected chi connectivity index (χ1v) is 6.32. The fraction of sp³-hybridized carbons (Fsp3) is 0.250. The van der Waals surface area contributed by atoms with Crippen molar-refractivity contribution in [3.63, 3.8) is 0 Å². The van der Waals surface area contributed by atoms with Crippen LogP contribution in [0.25, 0.3) is 11.1 Å². The molecule has 0 fully saturated rings. The third-order valence-corrected chi connectivity index (χ3v) is 3.49. The third kappa shape index (κ3) is 1.94. The molecule has 2 aromatic rings. The minimum Gasteiger partial charge on any atom is -0.490 e. The molecule has 1 aliphatic rings. The number of hydrogen-bond donors (Lipinski definition) is 1. The summed E-state index contributed by atoms with van der Waals surface area (Å²) in [6.07, 6.45) is 0. The third-order valence-electron chi connectivity index (χ3n) is 3.49. The van der Waals surface area contributed by atoms with Crippen LogP contribution in [-0.2, 0) is 0 Å². The molecule has 0 saturated carbocycles. The Morgan fingerprint density at radius 1 is 0.944 bits per heavy atom. The Hall–Kier alpha value is -1.96. The summed E-state index contributed by atoms with van der Waals surface area (Å²) in [4.78, 5) is 0. The Kier molecular flexibility index (Phi) is 2.71. The molecular formula is C16H17NO. The summed E-state index contributed by atoms with van der Waals surface area (Å²) < 4.78 is 5.59. The first kappa shape index (κ1) is 11.1. The van der Waals surface area contributed by atoms with E-state index >= 15 is 0 Å². The van der Waals surface area contributed by atoms with Crippen molar-refractivity contribution in [1.82, 2.24) is 0 Å². The van der Waals surface area contributed by atoms with Gasteiger partial charge in [0.2, 0.25) is 0 Å². The smallest absolute Gasteiger partial charge is 0.142 e. The summed E-state index contributed by atoms with van der Waals surface area (Å²) in [5.74, 6) is 0.953. The lowest BCUT2D eigenvalue weighted by Crippen LogP contribution is -2.17. The normalized spacial score (nSPS) is 13.4. The van der Waals surface area contributed by atoms with E-state index in [9.17, 15) is 0 Å². The highest BCUT2D eigenvalue weighted by molar-refractivity contribution is 5.73. The Bertz CT molecular complexity index is 590. The van der Waals surface area contributed by atoms with Crippen LogP contribution in [0, 0.1) is 13.8 Å². The maximum Gasteiger partial charge on any atom is 0.142 e. The monoisotopic (exact) mass is 239 g/mol. The molecule has 92 valence electrons. The van der Waals surface area contributed by atoms with E-state index in [1.807, 2.05) is 6.07 Å². The summed E-state index contributed by atoms with van der Waals surface area (Å²) in [7, 11) is 0. The van der Waals surface area contributed by atoms with Gasteiger partial charge in [-0.1, -0.05) is 24.3 Å². The van der Waals surface area contributed by atoms with Gasteiger partial charge < -0.3 is 10.1 Å². The van der Waals surface area contributed by atoms with Gasteiger partial charge in [-0.05, 0) is 48.2 Å². The maximum atomic E-state index is 5.59. The molecule has 0 bridgehead atoms. The van der Waals surface area contributed by atoms with Crippen LogP contribution < -0.4 is 10.1 Å². The number of rotatable bonds is 1. The first-order valence-electron chi connectivity index (χ1n) is 6.32. The van der Waals surface area contributed by atoms with Gasteiger partial charge in [0, 0.05) is 6.54 Å². The van der Waals surface area contributed by atoms with E-state index in [0.717, 1.165) is 24.6 Å². The first-order chi connectivity index (χ1) is 8.74. The number of hydrogen-bond acceptors (Lipinski definition) is 2. The lowest BCUT2D eigenvalue weighted by atomic mass is 10.00. The average Bonchev–Trinajstić information content (AvgIpc) is 2.41. The fourth-order valence-corrected chi connectivity index (χ4v) is 2.24. The summed E-state index contributed by atoms with van der Waals surface area (Å²) in [5.41, 5.74) is 6.24. The van der Waals surface area contributed by atoms with E-state index in [2.05, 4.69) is 49.5 Å². The van der Waals surface area contributed by atoms with Gasteiger partial charge >= 0.3 is 0 Å². The van der Waals surface area contributed by atoms with Crippen molar-refractivity contribution in [2.45, 2.75) is 13.8 Å². The summed E-state index contributed by atoms with van der Waals surface area (Å²) >= 11 is 0. The van der Waals surface area contributed by atoms with Gasteiger partial charge in [0.15, 0.2) is 0 Å². The molecule has 0 aromatic heterocycles. The topological polar surface area (TPSA) is 21.3 Å². The number of nitrogens with one attached hydrogen (secondary N) is 1. The second-order valence-electron chi connectivity index (χ2n) is 4.79. The molecule has 1 N–H and O–H groups in total. The van der Waals surface area contributed by atoms with Gasteiger partial charge in [-0.3, -0.25) is 0 Å². The molecule has 0 radical (unpaired) electrons. The number of anilines is 1. The molecule has 1 heterocycles. The van der Waals surface area contributed by atoms with E-state index in [-0.39, 0.29) is 0 Å². The van der Waals surface area contributed by atoms with Gasteiger partial charge in [0.1, 0.15) is 12.4 Å². The Labute approximate surface area is 108 Å². The predicted molar refractivity (Wildman–Crippen MR) is 75.3 cm³/mol. The van der Waals surface area contributed by atoms with Crippen molar-refractivity contribution >= 4 is 5.69 Å². The lowest BCUT2D eigenvalue weighted by Gasteiger charge is -2.19. The van der Waals surface area contributed by atoms with Crippen LogP contribution >= 0.6 is 0 Å². The summed E-state index contributed by atoms with van der Waals surface area (Å²) in [6, 6.07) is 12.9. The maximum absolute atomic E-state index is 5.59. The molecule has 0 amide bonds. The van der Waals surface area contributed by atoms with Crippen molar-refractivity contribution in [2.24, 2.45) is 0 Å². The van der Waals surface area contributed by atoms with Crippen LogP contribution in [0.2, 0.25) is 0 Å². The largest absolute Gasteiger partial charge is 0.490 e. The minimum absolute atomic E-state index is 0.746. The molecule has 2 nitrogen and oxygen atoms in total. The number of aryl methyl sites for hydroxylation is 2. The van der Waals surface area contributed by atoms with Crippen LogP contribution in [0.1, 0.15) is 11.1 Å². The summed E-state index contributed by atoms with van der Waals surface area (Å²) in [5, 5.41) is 3.37. The fourth-order valence-electron chi connectivity index (χ4n) is 2.24. The molecule has 0 atom stereocenters. The van der Waals surface area contributed by atoms with Crippen molar-refractivity contribution in [3.05, 3.63) is 47.5 Å². The second kappa shape index (κ2) is 4.37. The van der Waals surface area contributed by atoms with E-state index in [1.54, 1.807) is 0 Å². The van der Waals surface area contributed by atoms with Gasteiger partial charge in [-0.25, -0.2) is 0 Å². The Morgan fingerprint density at radius 3 is 2.56 bits per heavy atom. The zero-order valence-corrected chi connectivity index (χ0v) is 10.8. The van der Waals surface area contributed by atoms with Gasteiger partial charge in [-0.2, -0.15) is 0 Å². The van der Waals surface area contributed by atoms with Crippen molar-refractivity contribution in [2.75, 3.05) is 18.5 Å². The van der Waals surface area contributed by atoms with Crippen molar-refractivity contribution < 1.29 is 4.74 Å². The highest BCUT2D eigenvalue weighted by Crippen LogP contribution is 2.32. The van der Waals surface area contributed by atoms with E-state index in [4.69, 9.17) is 4.74 Å². The van der Waals surface area contributed by atoms with Crippen molar-refractivity contribution in [1.29, 1.82) is 0 Å². The standard InChI is InChI=1S/C16H17NO/c1-11-3-4-13(9-12(11)2)14-5-6-16-15(10-14)17-7-8-18-16/h3-6,9-10,17H,7-8H2,1-2H3. The Morgan fingerprint density at radius 2 is 1.72 bits per heavy atom. The molecule has 2 aromatic carbocycles. The molecule has 0 unspecified atom stereocenters. The molecule has 3 rings (SSSR count). The molecule has 0 saturated heterocycles. The number of fused-ring (bicyclic) bond motifs is 1. The van der Waals surface area contributed by atoms with Crippen LogP contribution in [0.15, 0.2) is 36.4 Å². The van der Waals surface area contributed by atoms with Crippen LogP contribution in [-0.4, -0.2) is 13.2 Å². The van der Waals surface area contributed by atoms with Gasteiger partial charge in [0.25, 0.3) is 0 Å². The van der Waals surface area contributed by atoms with E-state index < -0.39 is 0 Å². The highest BCUT2D eigenvalue weighted by atomic mass is 16.5. The molecule has 2 heteroatoms. The zero-order chi connectivity index (χ0) is 12.5. The van der Waals surface area contributed by atoms with Gasteiger partial charge in [0.05, 0.1) is 5.69 Å². The zero-order valence-electron chi connectivity index (χ0n) is 10.8. The predicted octanol–water partition coefficient (Wildman–Crippen LogP) is 3.77. The van der Waals surface area contributed by atoms with Crippen LogP contribution in [0.5, 0.6) is 5.75 Å². The molecular weight excluding hydrogens is 222 g/mol. The highest BCUT2D eigenvalue weighted by Gasteiger charge is 2.10. The number of benzene rings is 2. The lowest BCUT2D eigenvalue weighted by molar-refractivity contribution is 0.323. The molecule has 18 heavy (non-hydrogen) atoms. The van der Waals surface area contributed by atoms with Crippen molar-refractivity contribution in [3.8, 4) is 16.9 Å². The van der Waals surface area contributed by atoms with Gasteiger partial charge in [-0.15, -0.1) is 0 Å². The van der Waals surface area contributed by atoms with Crippen LogP contribution in [0.3, 0.4) is 0 Å². The second-order valence-corrected chi connectivity index (χ2v) is 4.79. The molecule has 0 aliphatic carbocycles. The number of ether oxygens (including phenoxy) is 1. The SMILES string of the molecule is Cc1ccc(-c2ccc3c(c2)NCCO3)cc1C. The molecule has 1 aliphatic heterocycles. The summed E-state index contributed by atoms with van der Waals surface area (Å²) in [6.45, 7) is 5.92. The Balaban J connectivity index is 2.03. The molecule has 0 spiro atoms. The quantitative estimate of drug-likeness (QED) is 0.817. The van der Waals surface area contributed by atoms with E-state index in [1.165, 1.54) is 22.3 Å². The van der Waals surface area contributed by atoms with E-state index in [0.29, 0.717) is 0 Å². The average molecular weight is 239 g/mol. The van der Waals surface area contributed by atoms with Crippen LogP contribution in [0.4, 0.5) is 5.69 Å². The minimum atomic E-state index is 0.746.